The SMILES string of the molecule is COc1nncn1-c1ccc(C)cc1. The van der Waals surface area contributed by atoms with Gasteiger partial charge in [0.25, 0.3) is 0 Å². The Kier molecular flexibility index (Phi) is 2.18. The first-order chi connectivity index (χ1) is 6.81. The van der Waals surface area contributed by atoms with Gasteiger partial charge in [0.05, 0.1) is 12.8 Å². The Labute approximate surface area is 82.2 Å². The Bertz CT molecular complexity index is 419. The fourth-order valence-corrected chi connectivity index (χ4v) is 1.25. The van der Waals surface area contributed by atoms with Crippen LogP contribution in [0.2, 0.25) is 0 Å². The van der Waals surface area contributed by atoms with Crippen LogP contribution < -0.4 is 4.74 Å². The van der Waals surface area contributed by atoms with Crippen LogP contribution in [0.15, 0.2) is 30.6 Å². The molecule has 2 aromatic rings. The smallest absolute Gasteiger partial charge is 0.321 e. The summed E-state index contributed by atoms with van der Waals surface area (Å²) in [6.45, 7) is 2.05. The van der Waals surface area contributed by atoms with Crippen molar-refractivity contribution < 1.29 is 4.74 Å². The molecule has 0 unspecified atom stereocenters. The normalized spacial score (nSPS) is 10.1. The summed E-state index contributed by atoms with van der Waals surface area (Å²) < 4.78 is 6.85. The molecule has 0 N–H and O–H groups in total. The molecule has 0 saturated heterocycles. The number of hydrogen-bond acceptors (Lipinski definition) is 3. The van der Waals surface area contributed by atoms with E-state index in [1.54, 1.807) is 18.0 Å². The second-order valence-corrected chi connectivity index (χ2v) is 3.02. The molecule has 0 aliphatic rings. The van der Waals surface area contributed by atoms with Gasteiger partial charge in [0.2, 0.25) is 0 Å². The summed E-state index contributed by atoms with van der Waals surface area (Å²) >= 11 is 0. The molecular weight excluding hydrogens is 178 g/mol. The quantitative estimate of drug-likeness (QED) is 0.720. The lowest BCUT2D eigenvalue weighted by Crippen LogP contribution is -1.96. The molecule has 0 radical (unpaired) electrons. The molecule has 4 heteroatoms. The van der Waals surface area contributed by atoms with Crippen LogP contribution in [-0.4, -0.2) is 21.9 Å². The first-order valence-electron chi connectivity index (χ1n) is 4.32. The van der Waals surface area contributed by atoms with Gasteiger partial charge in [0, 0.05) is 0 Å². The van der Waals surface area contributed by atoms with Crippen molar-refractivity contribution in [1.29, 1.82) is 0 Å². The monoisotopic (exact) mass is 189 g/mol. The molecule has 2 rings (SSSR count). The highest BCUT2D eigenvalue weighted by Crippen LogP contribution is 2.14. The molecule has 0 aliphatic heterocycles. The minimum absolute atomic E-state index is 0.494. The maximum Gasteiger partial charge on any atom is 0.321 e. The van der Waals surface area contributed by atoms with Crippen molar-refractivity contribution in [3.63, 3.8) is 0 Å². The lowest BCUT2D eigenvalue weighted by atomic mass is 10.2. The molecule has 14 heavy (non-hydrogen) atoms. The van der Waals surface area contributed by atoms with Gasteiger partial charge in [-0.15, -0.1) is 5.10 Å². The summed E-state index contributed by atoms with van der Waals surface area (Å²) in [7, 11) is 1.58. The molecule has 0 spiro atoms. The number of aryl methyl sites for hydroxylation is 1. The number of ether oxygens (including phenoxy) is 1. The predicted octanol–water partition coefficient (Wildman–Crippen LogP) is 1.58. The second kappa shape index (κ2) is 3.49. The van der Waals surface area contributed by atoms with Crippen LogP contribution in [-0.2, 0) is 0 Å². The molecule has 1 aromatic carbocycles. The zero-order valence-corrected chi connectivity index (χ0v) is 8.14. The summed E-state index contributed by atoms with van der Waals surface area (Å²) in [6, 6.07) is 8.57. The Hall–Kier alpha value is -1.84. The fourth-order valence-electron chi connectivity index (χ4n) is 1.25. The Morgan fingerprint density at radius 3 is 2.57 bits per heavy atom. The molecule has 0 bridgehead atoms. The molecule has 1 heterocycles. The van der Waals surface area contributed by atoms with Gasteiger partial charge in [-0.2, -0.15) is 0 Å². The van der Waals surface area contributed by atoms with Gasteiger partial charge in [-0.05, 0) is 19.1 Å². The lowest BCUT2D eigenvalue weighted by Gasteiger charge is -2.04. The summed E-state index contributed by atoms with van der Waals surface area (Å²) in [5.74, 6) is 0. The molecule has 0 amide bonds. The maximum absolute atomic E-state index is 5.06. The topological polar surface area (TPSA) is 39.9 Å². The van der Waals surface area contributed by atoms with Crippen LogP contribution in [0.1, 0.15) is 5.56 Å². The van der Waals surface area contributed by atoms with E-state index in [2.05, 4.69) is 10.2 Å². The van der Waals surface area contributed by atoms with Crippen LogP contribution in [0.4, 0.5) is 0 Å². The zero-order valence-electron chi connectivity index (χ0n) is 8.14. The molecule has 0 aliphatic carbocycles. The molecular formula is C10H11N3O. The lowest BCUT2D eigenvalue weighted by molar-refractivity contribution is 0.372. The highest BCUT2D eigenvalue weighted by molar-refractivity contribution is 5.35. The van der Waals surface area contributed by atoms with Gasteiger partial charge < -0.3 is 4.74 Å². The van der Waals surface area contributed by atoms with Crippen LogP contribution in [0.25, 0.3) is 5.69 Å². The van der Waals surface area contributed by atoms with Crippen molar-refractivity contribution in [2.75, 3.05) is 7.11 Å². The van der Waals surface area contributed by atoms with E-state index in [1.807, 2.05) is 31.2 Å². The molecule has 1 aromatic heterocycles. The van der Waals surface area contributed by atoms with E-state index < -0.39 is 0 Å². The van der Waals surface area contributed by atoms with E-state index in [9.17, 15) is 0 Å². The van der Waals surface area contributed by atoms with Crippen molar-refractivity contribution in [2.45, 2.75) is 6.92 Å². The first kappa shape index (κ1) is 8.74. The third-order valence-electron chi connectivity index (χ3n) is 2.01. The average Bonchev–Trinajstić information content (AvgIpc) is 2.67. The van der Waals surface area contributed by atoms with Crippen molar-refractivity contribution >= 4 is 0 Å². The fraction of sp³-hybridized carbons (Fsp3) is 0.200. The zero-order chi connectivity index (χ0) is 9.97. The number of aromatic nitrogens is 3. The molecule has 0 atom stereocenters. The summed E-state index contributed by atoms with van der Waals surface area (Å²) in [5.41, 5.74) is 2.22. The minimum Gasteiger partial charge on any atom is -0.467 e. The summed E-state index contributed by atoms with van der Waals surface area (Å²) in [6.07, 6.45) is 1.63. The molecule has 4 nitrogen and oxygen atoms in total. The Balaban J connectivity index is 2.44. The highest BCUT2D eigenvalue weighted by Gasteiger charge is 2.04. The van der Waals surface area contributed by atoms with E-state index >= 15 is 0 Å². The van der Waals surface area contributed by atoms with Gasteiger partial charge >= 0.3 is 6.01 Å². The van der Waals surface area contributed by atoms with Crippen LogP contribution in [0.5, 0.6) is 6.01 Å². The van der Waals surface area contributed by atoms with Crippen LogP contribution in [0.3, 0.4) is 0 Å². The van der Waals surface area contributed by atoms with E-state index in [-0.39, 0.29) is 0 Å². The molecule has 0 fully saturated rings. The summed E-state index contributed by atoms with van der Waals surface area (Å²) in [5, 5.41) is 7.60. The van der Waals surface area contributed by atoms with Crippen LogP contribution in [0, 0.1) is 6.92 Å². The number of benzene rings is 1. The number of hydrogen-bond donors (Lipinski definition) is 0. The second-order valence-electron chi connectivity index (χ2n) is 3.02. The van der Waals surface area contributed by atoms with Gasteiger partial charge in [-0.3, -0.25) is 4.57 Å². The third kappa shape index (κ3) is 1.46. The van der Waals surface area contributed by atoms with Gasteiger partial charge in [0.1, 0.15) is 6.33 Å². The van der Waals surface area contributed by atoms with Gasteiger partial charge in [-0.1, -0.05) is 22.8 Å². The number of rotatable bonds is 2. The Morgan fingerprint density at radius 1 is 1.21 bits per heavy atom. The van der Waals surface area contributed by atoms with E-state index in [1.165, 1.54) is 5.56 Å². The van der Waals surface area contributed by atoms with Crippen molar-refractivity contribution in [2.24, 2.45) is 0 Å². The summed E-state index contributed by atoms with van der Waals surface area (Å²) in [4.78, 5) is 0. The van der Waals surface area contributed by atoms with Crippen molar-refractivity contribution in [3.05, 3.63) is 36.2 Å². The van der Waals surface area contributed by atoms with E-state index in [0.29, 0.717) is 6.01 Å². The van der Waals surface area contributed by atoms with E-state index in [0.717, 1.165) is 5.69 Å². The third-order valence-corrected chi connectivity index (χ3v) is 2.01. The number of nitrogens with zero attached hydrogens (tertiary/aromatic N) is 3. The molecule has 0 saturated carbocycles. The predicted molar refractivity (Wildman–Crippen MR) is 52.6 cm³/mol. The van der Waals surface area contributed by atoms with Crippen LogP contribution >= 0.6 is 0 Å². The maximum atomic E-state index is 5.06. The van der Waals surface area contributed by atoms with Crippen molar-refractivity contribution in [3.8, 4) is 11.7 Å². The van der Waals surface area contributed by atoms with Crippen molar-refractivity contribution in [1.82, 2.24) is 14.8 Å². The molecule has 72 valence electrons. The average molecular weight is 189 g/mol. The minimum atomic E-state index is 0.494. The van der Waals surface area contributed by atoms with E-state index in [4.69, 9.17) is 4.74 Å². The van der Waals surface area contributed by atoms with Gasteiger partial charge in [-0.25, -0.2) is 0 Å². The van der Waals surface area contributed by atoms with Gasteiger partial charge in [0.15, 0.2) is 0 Å². The Morgan fingerprint density at radius 2 is 1.93 bits per heavy atom. The largest absolute Gasteiger partial charge is 0.467 e. The standard InChI is InChI=1S/C10H11N3O/c1-8-3-5-9(6-4-8)13-7-11-12-10(13)14-2/h3-7H,1-2H3. The highest BCUT2D eigenvalue weighted by atomic mass is 16.5. The first-order valence-corrected chi connectivity index (χ1v) is 4.32. The number of methoxy groups -OCH3 is 1.